The number of hydrogen-bond donors (Lipinski definition) is 1. The van der Waals surface area contributed by atoms with Crippen LogP contribution < -0.4 is 5.32 Å². The summed E-state index contributed by atoms with van der Waals surface area (Å²) < 4.78 is 0. The topological polar surface area (TPSA) is 63.6 Å². The fraction of sp³-hybridized carbons (Fsp3) is 0. The van der Waals surface area contributed by atoms with Crippen molar-refractivity contribution >= 4 is 41.2 Å². The van der Waals surface area contributed by atoms with E-state index in [2.05, 4.69) is 20.3 Å². The molecular weight excluding hydrogens is 301 g/mol. The number of pyridine rings is 1. The van der Waals surface area contributed by atoms with Crippen LogP contribution in [0, 0.1) is 0 Å². The summed E-state index contributed by atoms with van der Waals surface area (Å²) >= 11 is 11.7. The molecule has 1 heterocycles. The lowest BCUT2D eigenvalue weighted by atomic mass is 10.3. The van der Waals surface area contributed by atoms with Gasteiger partial charge < -0.3 is 0 Å². The zero-order valence-corrected chi connectivity index (χ0v) is 11.6. The molecule has 7 heteroatoms. The Morgan fingerprint density at radius 1 is 1.30 bits per heavy atom. The lowest BCUT2D eigenvalue weighted by molar-refractivity contribution is 0.167. The Morgan fingerprint density at radius 3 is 2.90 bits per heavy atom. The molecule has 20 heavy (non-hydrogen) atoms. The normalized spacial score (nSPS) is 10.5. The molecule has 0 fully saturated rings. The third kappa shape index (κ3) is 4.22. The van der Waals surface area contributed by atoms with E-state index in [1.54, 1.807) is 36.5 Å². The highest BCUT2D eigenvalue weighted by Crippen LogP contribution is 2.25. The van der Waals surface area contributed by atoms with E-state index in [0.29, 0.717) is 21.4 Å². The third-order valence-electron chi connectivity index (χ3n) is 2.17. The molecule has 0 aliphatic rings. The van der Waals surface area contributed by atoms with Crippen LogP contribution in [0.3, 0.4) is 0 Å². The molecule has 2 rings (SSSR count). The van der Waals surface area contributed by atoms with Crippen molar-refractivity contribution in [1.29, 1.82) is 0 Å². The predicted molar refractivity (Wildman–Crippen MR) is 78.4 cm³/mol. The fourth-order valence-electron chi connectivity index (χ4n) is 1.31. The zero-order chi connectivity index (χ0) is 14.4. The first-order valence-electron chi connectivity index (χ1n) is 5.52. The van der Waals surface area contributed by atoms with Gasteiger partial charge in [0, 0.05) is 11.2 Å². The minimum atomic E-state index is -0.777. The van der Waals surface area contributed by atoms with Crippen molar-refractivity contribution < 1.29 is 9.63 Å². The highest BCUT2D eigenvalue weighted by molar-refractivity contribution is 6.35. The van der Waals surface area contributed by atoms with Crippen LogP contribution in [0.2, 0.25) is 10.0 Å². The van der Waals surface area contributed by atoms with E-state index in [-0.39, 0.29) is 0 Å². The average Bonchev–Trinajstić information content (AvgIpc) is 2.44. The van der Waals surface area contributed by atoms with E-state index < -0.39 is 6.09 Å². The minimum absolute atomic E-state index is 0.345. The molecule has 2 aromatic rings. The molecule has 0 aliphatic heterocycles. The lowest BCUT2D eigenvalue weighted by Gasteiger charge is -2.05. The van der Waals surface area contributed by atoms with Crippen LogP contribution in [0.1, 0.15) is 5.69 Å². The van der Waals surface area contributed by atoms with Crippen molar-refractivity contribution in [2.24, 2.45) is 5.16 Å². The van der Waals surface area contributed by atoms with Crippen molar-refractivity contribution in [2.75, 3.05) is 5.32 Å². The second kappa shape index (κ2) is 6.88. The summed E-state index contributed by atoms with van der Waals surface area (Å²) in [5.74, 6) is 0. The smallest absolute Gasteiger partial charge is 0.298 e. The van der Waals surface area contributed by atoms with Gasteiger partial charge in [-0.05, 0) is 30.3 Å². The van der Waals surface area contributed by atoms with Gasteiger partial charge in [-0.2, -0.15) is 0 Å². The van der Waals surface area contributed by atoms with Gasteiger partial charge in [-0.15, -0.1) is 0 Å². The molecule has 0 saturated heterocycles. The van der Waals surface area contributed by atoms with E-state index in [0.717, 1.165) is 0 Å². The Kier molecular flexibility index (Phi) is 4.92. The first kappa shape index (κ1) is 14.3. The molecule has 0 bridgehead atoms. The first-order chi connectivity index (χ1) is 9.65. The number of halogens is 2. The molecule has 1 amide bonds. The van der Waals surface area contributed by atoms with Crippen molar-refractivity contribution in [3.05, 3.63) is 58.3 Å². The number of oxime groups is 1. The van der Waals surface area contributed by atoms with E-state index in [4.69, 9.17) is 23.2 Å². The molecule has 5 nitrogen and oxygen atoms in total. The largest absolute Gasteiger partial charge is 0.437 e. The summed E-state index contributed by atoms with van der Waals surface area (Å²) in [6.45, 7) is 0. The van der Waals surface area contributed by atoms with E-state index >= 15 is 0 Å². The Balaban J connectivity index is 1.93. The van der Waals surface area contributed by atoms with Crippen molar-refractivity contribution in [2.45, 2.75) is 0 Å². The molecule has 0 aliphatic carbocycles. The summed E-state index contributed by atoms with van der Waals surface area (Å²) in [6, 6.07) is 9.97. The lowest BCUT2D eigenvalue weighted by Crippen LogP contribution is -2.11. The molecule has 0 spiro atoms. The van der Waals surface area contributed by atoms with Crippen LogP contribution in [0.25, 0.3) is 0 Å². The van der Waals surface area contributed by atoms with Crippen LogP contribution in [0.15, 0.2) is 47.8 Å². The van der Waals surface area contributed by atoms with E-state index in [1.807, 2.05) is 0 Å². The predicted octanol–water partition coefficient (Wildman–Crippen LogP) is 3.97. The molecule has 1 aromatic heterocycles. The number of aromatic nitrogens is 1. The van der Waals surface area contributed by atoms with Crippen LogP contribution >= 0.6 is 23.2 Å². The van der Waals surface area contributed by atoms with Gasteiger partial charge in [0.2, 0.25) is 0 Å². The molecule has 0 atom stereocenters. The maximum atomic E-state index is 11.5. The van der Waals surface area contributed by atoms with Gasteiger partial charge in [-0.3, -0.25) is 15.1 Å². The Bertz CT molecular complexity index is 633. The highest BCUT2D eigenvalue weighted by Gasteiger charge is 2.07. The summed E-state index contributed by atoms with van der Waals surface area (Å²) in [5.41, 5.74) is 0.915. The van der Waals surface area contributed by atoms with Crippen molar-refractivity contribution in [1.82, 2.24) is 4.98 Å². The number of hydrogen-bond acceptors (Lipinski definition) is 4. The van der Waals surface area contributed by atoms with Gasteiger partial charge in [0.25, 0.3) is 0 Å². The zero-order valence-electron chi connectivity index (χ0n) is 10.1. The number of carbonyl (C=O) groups excluding carboxylic acids is 1. The molecule has 1 aromatic carbocycles. The van der Waals surface area contributed by atoms with Gasteiger partial charge in [0.05, 0.1) is 22.6 Å². The number of carbonyl (C=O) groups is 1. The summed E-state index contributed by atoms with van der Waals surface area (Å²) in [6.07, 6.45) is 2.15. The van der Waals surface area contributed by atoms with Crippen LogP contribution in [0.5, 0.6) is 0 Å². The number of anilines is 1. The molecule has 0 unspecified atom stereocenters. The summed E-state index contributed by atoms with van der Waals surface area (Å²) in [4.78, 5) is 20.1. The fourth-order valence-corrected chi connectivity index (χ4v) is 1.64. The number of rotatable bonds is 3. The highest BCUT2D eigenvalue weighted by atomic mass is 35.5. The number of nitrogens with zero attached hydrogens (tertiary/aromatic N) is 2. The molecule has 102 valence electrons. The first-order valence-corrected chi connectivity index (χ1v) is 6.28. The quantitative estimate of drug-likeness (QED) is 0.530. The minimum Gasteiger partial charge on any atom is -0.298 e. The van der Waals surface area contributed by atoms with Crippen LogP contribution in [-0.2, 0) is 4.84 Å². The summed E-state index contributed by atoms with van der Waals surface area (Å²) in [7, 11) is 0. The molecule has 0 saturated carbocycles. The molecule has 1 N–H and O–H groups in total. The number of amides is 1. The van der Waals surface area contributed by atoms with E-state index in [1.165, 1.54) is 12.3 Å². The maximum absolute atomic E-state index is 11.5. The van der Waals surface area contributed by atoms with E-state index in [9.17, 15) is 4.79 Å². The van der Waals surface area contributed by atoms with Gasteiger partial charge in [-0.1, -0.05) is 34.4 Å². The average molecular weight is 310 g/mol. The Morgan fingerprint density at radius 2 is 2.15 bits per heavy atom. The SMILES string of the molecule is O=C(Nc1cc(Cl)ccc1Cl)O/N=C\c1ccccn1. The standard InChI is InChI=1S/C13H9Cl2N3O2/c14-9-4-5-11(15)12(7-9)18-13(19)20-17-8-10-3-1-2-6-16-10/h1-8H,(H,18,19)/b17-8-. The van der Waals surface area contributed by atoms with Gasteiger partial charge in [0.1, 0.15) is 0 Å². The second-order valence-electron chi connectivity index (χ2n) is 3.62. The van der Waals surface area contributed by atoms with Crippen LogP contribution in [0.4, 0.5) is 10.5 Å². The number of nitrogens with one attached hydrogen (secondary N) is 1. The third-order valence-corrected chi connectivity index (χ3v) is 2.74. The monoisotopic (exact) mass is 309 g/mol. The van der Waals surface area contributed by atoms with Crippen molar-refractivity contribution in [3.63, 3.8) is 0 Å². The van der Waals surface area contributed by atoms with Crippen LogP contribution in [-0.4, -0.2) is 17.3 Å². The van der Waals surface area contributed by atoms with Crippen molar-refractivity contribution in [3.8, 4) is 0 Å². The maximum Gasteiger partial charge on any atom is 0.437 e. The van der Waals surface area contributed by atoms with Gasteiger partial charge in [-0.25, -0.2) is 4.79 Å². The second-order valence-corrected chi connectivity index (χ2v) is 4.46. The van der Waals surface area contributed by atoms with Gasteiger partial charge >= 0.3 is 6.09 Å². The Labute approximate surface area is 125 Å². The molecule has 0 radical (unpaired) electrons. The van der Waals surface area contributed by atoms with Gasteiger partial charge in [0.15, 0.2) is 0 Å². The Hall–Kier alpha value is -2.11. The molecular formula is C13H9Cl2N3O2. The number of benzene rings is 1. The summed E-state index contributed by atoms with van der Waals surface area (Å²) in [5, 5.41) is 6.73.